The van der Waals surface area contributed by atoms with Gasteiger partial charge in [-0.3, -0.25) is 59.0 Å². The number of hydrogen-bond donors (Lipinski definition) is 0. The van der Waals surface area contributed by atoms with Gasteiger partial charge in [0.2, 0.25) is 0 Å². The van der Waals surface area contributed by atoms with Crippen LogP contribution in [-0.4, -0.2) is 142 Å². The van der Waals surface area contributed by atoms with E-state index in [1.807, 2.05) is 47.3 Å². The van der Waals surface area contributed by atoms with Crippen molar-refractivity contribution in [2.24, 2.45) is 0 Å². The second-order valence-electron chi connectivity index (χ2n) is 29.7. The third kappa shape index (κ3) is 22.1. The summed E-state index contributed by atoms with van der Waals surface area (Å²) >= 11 is 14.9. The van der Waals surface area contributed by atoms with E-state index in [2.05, 4.69) is 75.7 Å². The number of anilines is 4. The minimum absolute atomic E-state index is 0.0419. The molecular weight excluding hydrogens is 1740 g/mol. The van der Waals surface area contributed by atoms with Crippen molar-refractivity contribution < 1.29 is 63.4 Å². The molecule has 4 aliphatic heterocycles. The molecule has 33 heteroatoms. The smallest absolute Gasteiger partial charge is 0.175 e. The van der Waals surface area contributed by atoms with Gasteiger partial charge in [-0.15, -0.1) is 0 Å². The van der Waals surface area contributed by atoms with Gasteiger partial charge in [0.15, 0.2) is 69.7 Å². The topological polar surface area (TPSA) is 245 Å². The van der Waals surface area contributed by atoms with Crippen molar-refractivity contribution in [2.45, 2.75) is 79.1 Å². The number of carbonyl (C=O) groups excluding carboxylic acids is 4. The number of Topliss-reactive ketones (excluding diaryl/α,β-unsaturated/α-hetero) is 4. The number of hydrogen-bond acceptors (Lipinski definition) is 21. The number of rotatable bonds is 21. The Morgan fingerprint density at radius 3 is 1.02 bits per heavy atom. The van der Waals surface area contributed by atoms with Crippen LogP contribution in [0, 0.1) is 52.4 Å². The van der Waals surface area contributed by atoms with E-state index < -0.39 is 52.0 Å². The molecule has 0 fully saturated rings. The monoisotopic (exact) mass is 1820 g/mol. The Kier molecular flexibility index (Phi) is 29.9. The number of methoxy groups -OCH3 is 1. The maximum Gasteiger partial charge on any atom is 0.175 e. The van der Waals surface area contributed by atoms with Gasteiger partial charge < -0.3 is 24.3 Å². The highest BCUT2D eigenvalue weighted by Crippen LogP contribution is 2.36. The molecule has 0 saturated carbocycles. The van der Waals surface area contributed by atoms with Crippen LogP contribution in [0.15, 0.2) is 216 Å². The molecule has 0 atom stereocenters. The fourth-order valence-electron chi connectivity index (χ4n) is 14.4. The van der Waals surface area contributed by atoms with Gasteiger partial charge in [0.25, 0.3) is 0 Å². The number of ether oxygens (including phenoxy) is 1. The summed E-state index contributed by atoms with van der Waals surface area (Å²) in [6, 6.07) is 25.9. The zero-order chi connectivity index (χ0) is 89.4. The third-order valence-corrected chi connectivity index (χ3v) is 22.5. The Bertz CT molecular complexity index is 6060. The average molecular weight is 1820 g/mol. The molecular formula is C93H78BrCl2F9N16O5. The Balaban J connectivity index is 0.000000144. The van der Waals surface area contributed by atoms with Crippen LogP contribution < -0.4 is 24.3 Å². The molecule has 12 aromatic rings. The van der Waals surface area contributed by atoms with Gasteiger partial charge >= 0.3 is 0 Å². The molecule has 12 heterocycles. The predicted molar refractivity (Wildman–Crippen MR) is 465 cm³/mol. The molecule has 126 heavy (non-hydrogen) atoms. The van der Waals surface area contributed by atoms with Gasteiger partial charge in [0.05, 0.1) is 124 Å². The minimum atomic E-state index is -0.934. The first-order valence-corrected chi connectivity index (χ1v) is 41.1. The maximum absolute atomic E-state index is 14.2. The molecule has 21 nitrogen and oxygen atoms in total. The van der Waals surface area contributed by atoms with E-state index in [0.29, 0.717) is 115 Å². The highest BCUT2D eigenvalue weighted by atomic mass is 79.9. The van der Waals surface area contributed by atoms with E-state index in [4.69, 9.17) is 27.9 Å². The summed E-state index contributed by atoms with van der Waals surface area (Å²) in [6.07, 6.45) is 21.1. The molecule has 0 radical (unpaired) electrons. The summed E-state index contributed by atoms with van der Waals surface area (Å²) < 4.78 is 131. The quantitative estimate of drug-likeness (QED) is 0.0479. The molecule has 8 aromatic heterocycles. The summed E-state index contributed by atoms with van der Waals surface area (Å²) in [4.78, 5) is 109. The third-order valence-electron chi connectivity index (χ3n) is 21.3. The number of carbonyl (C=O) groups is 4. The van der Waals surface area contributed by atoms with E-state index >= 15 is 0 Å². The highest BCUT2D eigenvalue weighted by molar-refractivity contribution is 9.10. The number of ketones is 4. The van der Waals surface area contributed by atoms with Crippen LogP contribution in [-0.2, 0) is 25.7 Å². The average Bonchev–Trinajstić information content (AvgIpc) is 0.823. The molecule has 644 valence electrons. The first kappa shape index (κ1) is 90.6. The molecule has 16 rings (SSSR count). The van der Waals surface area contributed by atoms with Gasteiger partial charge in [0.1, 0.15) is 34.8 Å². The van der Waals surface area contributed by atoms with Crippen molar-refractivity contribution >= 4 is 108 Å². The largest absolute Gasteiger partial charge is 0.496 e. The van der Waals surface area contributed by atoms with Crippen LogP contribution in [0.5, 0.6) is 5.75 Å². The van der Waals surface area contributed by atoms with Gasteiger partial charge in [-0.2, -0.15) is 0 Å². The van der Waals surface area contributed by atoms with Gasteiger partial charge in [-0.05, 0) is 179 Å². The van der Waals surface area contributed by atoms with Gasteiger partial charge in [0, 0.05) is 118 Å². The van der Waals surface area contributed by atoms with Crippen molar-refractivity contribution in [3.05, 3.63) is 347 Å². The molecule has 0 saturated heterocycles. The lowest BCUT2D eigenvalue weighted by atomic mass is 9.98. The predicted octanol–water partition coefficient (Wildman–Crippen LogP) is 19.3. The zero-order valence-corrected chi connectivity index (χ0v) is 71.5. The van der Waals surface area contributed by atoms with Crippen LogP contribution in [0.1, 0.15) is 140 Å². The minimum Gasteiger partial charge on any atom is -0.496 e. The van der Waals surface area contributed by atoms with E-state index in [-0.39, 0.29) is 97.5 Å². The number of halogens is 12. The van der Waals surface area contributed by atoms with Crippen LogP contribution in [0.2, 0.25) is 10.0 Å². The van der Waals surface area contributed by atoms with Crippen LogP contribution in [0.25, 0.3) is 22.3 Å². The Morgan fingerprint density at radius 2 is 0.683 bits per heavy atom. The van der Waals surface area contributed by atoms with Gasteiger partial charge in [-0.1, -0.05) is 73.6 Å². The lowest BCUT2D eigenvalue weighted by molar-refractivity contribution is 0.0975. The van der Waals surface area contributed by atoms with Crippen molar-refractivity contribution in [3.63, 3.8) is 0 Å². The zero-order valence-electron chi connectivity index (χ0n) is 68.4. The van der Waals surface area contributed by atoms with E-state index in [9.17, 15) is 58.7 Å². The molecule has 0 amide bonds. The number of pyridine rings is 4. The molecule has 0 N–H and O–H groups in total. The summed E-state index contributed by atoms with van der Waals surface area (Å²) in [5.41, 5.74) is 12.1. The molecule has 0 spiro atoms. The molecule has 0 bridgehead atoms. The fraction of sp³-hybridized carbons (Fsp3) is 0.226. The van der Waals surface area contributed by atoms with E-state index in [1.54, 1.807) is 73.7 Å². The standard InChI is InChI=1S/C24H22F2N4O2.C23H18BrF3N4O.2C23H19ClF2N4O/c1-15-8-10-30(24-19(26)6-4-9-27-24)14-17(15)20-13-28-16(12-29-20)11-21(31)23-18(25)5-3-7-22(23)32-2;1-13-4-6-31(23-17(25)3-2-5-28-23)12-16(13)20-11-29-15(10-30-20)9-21(32)22-18(26)7-14(24)8-19(22)27;1-14-7-9-30(23-19(26)6-3-8-27-23)13-17(14)20-12-28-15(11-29-20)10-21(31)16-4-2-5-18(25)22(16)24;1-14-6-8-30(23-20(26)3-2-7-27-23)13-18(14)21-12-28-16(11-29-21)10-22(31)17-9-15(25)4-5-19(17)24/h3-7,9,12-13H,8,10-11,14H2,1-2H3;2-3,5,7-8,10-11H,4,6,9,12H2,1H3;2-6,8,11-12H,7,9-10,13H2,1H3;2-5,7,9,11-12H,6,8,10,13H2,1H3. The summed E-state index contributed by atoms with van der Waals surface area (Å²) in [5, 5.41) is 0.00252. The number of nitrogens with zero attached hydrogens (tertiary/aromatic N) is 16. The summed E-state index contributed by atoms with van der Waals surface area (Å²) in [5.74, 6) is -5.57. The Labute approximate surface area is 737 Å². The van der Waals surface area contributed by atoms with Crippen LogP contribution in [0.4, 0.5) is 62.8 Å². The molecule has 0 aliphatic carbocycles. The summed E-state index contributed by atoms with van der Waals surface area (Å²) in [7, 11) is 1.39. The van der Waals surface area contributed by atoms with Crippen molar-refractivity contribution in [1.82, 2.24) is 59.8 Å². The normalized spacial score (nSPS) is 14.1. The van der Waals surface area contributed by atoms with Gasteiger partial charge in [-0.25, -0.2) is 59.4 Å². The lowest BCUT2D eigenvalue weighted by Gasteiger charge is -2.30. The second kappa shape index (κ2) is 41.6. The van der Waals surface area contributed by atoms with E-state index in [1.165, 1.54) is 105 Å². The SMILES string of the molecule is CC1=C(c2cnc(CC(=O)c3c(F)cc(Br)cc3F)cn2)CN(c2ncccc2F)CC1.CC1=C(c2cnc(CC(=O)c3cc(F)ccc3Cl)cn2)CN(c2ncccc2F)CC1.CC1=C(c2cnc(CC(=O)c3cccc(F)c3Cl)cn2)CN(c2ncccc2F)CC1.COc1cccc(F)c1C(=O)Cc1cnc(C2=C(C)CCN(c3ncccc3F)C2)cn1. The maximum atomic E-state index is 14.2. The van der Waals surface area contributed by atoms with E-state index in [0.717, 1.165) is 88.5 Å². The Morgan fingerprint density at radius 1 is 0.357 bits per heavy atom. The molecule has 4 aliphatic rings. The number of benzene rings is 4. The second-order valence-corrected chi connectivity index (χ2v) is 31.4. The first-order chi connectivity index (χ1) is 60.7. The fourth-order valence-corrected chi connectivity index (χ4v) is 15.3. The van der Waals surface area contributed by atoms with Crippen molar-refractivity contribution in [1.29, 1.82) is 0 Å². The first-order valence-electron chi connectivity index (χ1n) is 39.6. The van der Waals surface area contributed by atoms with Crippen molar-refractivity contribution in [2.75, 3.05) is 79.1 Å². The molecule has 0 unspecified atom stereocenters. The van der Waals surface area contributed by atoms with Crippen molar-refractivity contribution in [3.8, 4) is 5.75 Å². The lowest BCUT2D eigenvalue weighted by Crippen LogP contribution is -2.32. The highest BCUT2D eigenvalue weighted by Gasteiger charge is 2.30. The number of aromatic nitrogens is 12. The Hall–Kier alpha value is -13.1. The van der Waals surface area contributed by atoms with Crippen LogP contribution in [0.3, 0.4) is 0 Å². The van der Waals surface area contributed by atoms with Crippen LogP contribution >= 0.6 is 39.1 Å². The molecule has 4 aromatic carbocycles. The summed E-state index contributed by atoms with van der Waals surface area (Å²) in [6.45, 7) is 12.5.